The summed E-state index contributed by atoms with van der Waals surface area (Å²) in [4.78, 5) is 15.2. The van der Waals surface area contributed by atoms with Crippen LogP contribution >= 0.6 is 0 Å². The molecule has 2 heterocycles. The molecule has 3 aromatic carbocycles. The molecule has 5 rings (SSSR count). The molecule has 0 bridgehead atoms. The zero-order chi connectivity index (χ0) is 28.9. The number of hydrogen-bond donors (Lipinski definition) is 4. The molecule has 3 aromatic rings. The zero-order valence-corrected chi connectivity index (χ0v) is 22.6. The third-order valence-corrected chi connectivity index (χ3v) is 8.03. The van der Waals surface area contributed by atoms with E-state index in [1.54, 1.807) is 24.3 Å². The maximum Gasteiger partial charge on any atom is 0.228 e. The van der Waals surface area contributed by atoms with Gasteiger partial charge in [0.15, 0.2) is 0 Å². The summed E-state index contributed by atoms with van der Waals surface area (Å²) in [7, 11) is 0. The van der Waals surface area contributed by atoms with Crippen LogP contribution in [0.25, 0.3) is 0 Å². The van der Waals surface area contributed by atoms with Gasteiger partial charge in [-0.2, -0.15) is 0 Å². The Morgan fingerprint density at radius 2 is 1.51 bits per heavy atom. The predicted molar refractivity (Wildman–Crippen MR) is 148 cm³/mol. The van der Waals surface area contributed by atoms with Crippen LogP contribution in [0.2, 0.25) is 0 Å². The second kappa shape index (κ2) is 13.1. The van der Waals surface area contributed by atoms with Crippen LogP contribution in [0.15, 0.2) is 78.9 Å². The van der Waals surface area contributed by atoms with Gasteiger partial charge in [0.25, 0.3) is 0 Å². The first-order chi connectivity index (χ1) is 19.9. The lowest BCUT2D eigenvalue weighted by Crippen LogP contribution is -2.59. The number of aliphatic hydroxyl groups excluding tert-OH is 4. The third kappa shape index (κ3) is 6.60. The molecule has 8 nitrogen and oxygen atoms in total. The van der Waals surface area contributed by atoms with Crippen LogP contribution in [0.4, 0.5) is 4.39 Å². The van der Waals surface area contributed by atoms with Gasteiger partial charge in [-0.05, 0) is 60.2 Å². The molecule has 0 spiro atoms. The molecule has 0 aromatic heterocycles. The number of aryl methyl sites for hydroxylation is 1. The summed E-state index contributed by atoms with van der Waals surface area (Å²) < 4.78 is 24.6. The zero-order valence-electron chi connectivity index (χ0n) is 22.6. The summed E-state index contributed by atoms with van der Waals surface area (Å²) >= 11 is 0. The Kier molecular flexibility index (Phi) is 9.32. The normalized spacial score (nSPS) is 27.9. The Labute approximate surface area is 238 Å². The van der Waals surface area contributed by atoms with E-state index in [2.05, 4.69) is 0 Å². The molecule has 218 valence electrons. The lowest BCUT2D eigenvalue weighted by atomic mass is 9.78. The number of benzene rings is 3. The van der Waals surface area contributed by atoms with Crippen LogP contribution < -0.4 is 4.74 Å². The van der Waals surface area contributed by atoms with Gasteiger partial charge in [-0.15, -0.1) is 0 Å². The van der Waals surface area contributed by atoms with Crippen molar-refractivity contribution in [1.29, 1.82) is 0 Å². The second-order valence-corrected chi connectivity index (χ2v) is 10.8. The Hall–Kier alpha value is -3.34. The van der Waals surface area contributed by atoms with Crippen molar-refractivity contribution in [2.24, 2.45) is 5.92 Å². The summed E-state index contributed by atoms with van der Waals surface area (Å²) in [6.07, 6.45) is -3.88. The Morgan fingerprint density at radius 3 is 2.20 bits per heavy atom. The van der Waals surface area contributed by atoms with Gasteiger partial charge < -0.3 is 34.8 Å². The predicted octanol–water partition coefficient (Wildman–Crippen LogP) is 2.77. The van der Waals surface area contributed by atoms with Crippen molar-refractivity contribution < 1.29 is 39.1 Å². The number of likely N-dealkylation sites (tertiary alicyclic amines) is 1. The number of β-lactam (4-membered cyclic amide) rings is 1. The number of hydrogen-bond acceptors (Lipinski definition) is 7. The van der Waals surface area contributed by atoms with E-state index in [-0.39, 0.29) is 30.3 Å². The van der Waals surface area contributed by atoms with E-state index in [1.807, 2.05) is 47.4 Å². The van der Waals surface area contributed by atoms with Gasteiger partial charge in [-0.1, -0.05) is 54.6 Å². The molecular weight excluding hydrogens is 529 g/mol. The van der Waals surface area contributed by atoms with Gasteiger partial charge >= 0.3 is 0 Å². The quantitative estimate of drug-likeness (QED) is 0.264. The van der Waals surface area contributed by atoms with Crippen molar-refractivity contribution in [3.63, 3.8) is 0 Å². The van der Waals surface area contributed by atoms with Gasteiger partial charge in [-0.25, -0.2) is 4.39 Å². The molecule has 1 amide bonds. The fourth-order valence-corrected chi connectivity index (χ4v) is 5.70. The number of halogens is 1. The van der Waals surface area contributed by atoms with E-state index in [9.17, 15) is 29.6 Å². The molecular formula is C32H36FNO7. The van der Waals surface area contributed by atoms with E-state index in [0.29, 0.717) is 18.7 Å². The Balaban J connectivity index is 1.24. The third-order valence-electron chi connectivity index (χ3n) is 8.03. The first-order valence-corrected chi connectivity index (χ1v) is 14.0. The molecule has 7 atom stereocenters. The van der Waals surface area contributed by atoms with Crippen LogP contribution in [0, 0.1) is 11.7 Å². The van der Waals surface area contributed by atoms with Gasteiger partial charge in [-0.3, -0.25) is 4.79 Å². The van der Waals surface area contributed by atoms with Crippen molar-refractivity contribution in [2.45, 2.75) is 62.4 Å². The monoisotopic (exact) mass is 565 g/mol. The summed E-state index contributed by atoms with van der Waals surface area (Å²) in [6.45, 7) is -0.0796. The summed E-state index contributed by atoms with van der Waals surface area (Å²) in [5.41, 5.74) is 3.07. The SMILES string of the molecule is O=C1[C@@H](CCCc2ccc(F)cc2)[C@@H](c2ccc(OC[C@H]3O[C@H](CO)[C@@H](O)[C@H](O)[C@H]3O)cc2)N1Cc1ccccc1. The molecule has 0 saturated carbocycles. The number of rotatable bonds is 11. The number of nitrogens with zero attached hydrogens (tertiary/aromatic N) is 1. The minimum Gasteiger partial charge on any atom is -0.491 e. The topological polar surface area (TPSA) is 120 Å². The van der Waals surface area contributed by atoms with Gasteiger partial charge in [0.1, 0.15) is 48.7 Å². The molecule has 2 fully saturated rings. The van der Waals surface area contributed by atoms with E-state index < -0.39 is 37.1 Å². The number of aliphatic hydroxyl groups is 4. The highest BCUT2D eigenvalue weighted by atomic mass is 19.1. The van der Waals surface area contributed by atoms with Crippen molar-refractivity contribution >= 4 is 5.91 Å². The molecule has 2 aliphatic rings. The number of amides is 1. The van der Waals surface area contributed by atoms with E-state index >= 15 is 0 Å². The first-order valence-electron chi connectivity index (χ1n) is 14.0. The van der Waals surface area contributed by atoms with Crippen molar-refractivity contribution in [2.75, 3.05) is 13.2 Å². The largest absolute Gasteiger partial charge is 0.491 e. The maximum absolute atomic E-state index is 13.3. The number of carbonyl (C=O) groups is 1. The lowest BCUT2D eigenvalue weighted by Gasteiger charge is -2.48. The van der Waals surface area contributed by atoms with E-state index in [0.717, 1.165) is 29.5 Å². The average Bonchev–Trinajstić information content (AvgIpc) is 3.00. The molecule has 0 unspecified atom stereocenters. The van der Waals surface area contributed by atoms with Crippen molar-refractivity contribution in [3.05, 3.63) is 101 Å². The Morgan fingerprint density at radius 1 is 0.829 bits per heavy atom. The average molecular weight is 566 g/mol. The molecule has 4 N–H and O–H groups in total. The van der Waals surface area contributed by atoms with Gasteiger partial charge in [0.05, 0.1) is 18.6 Å². The van der Waals surface area contributed by atoms with Crippen molar-refractivity contribution in [1.82, 2.24) is 4.90 Å². The highest BCUT2D eigenvalue weighted by Crippen LogP contribution is 2.44. The first kappa shape index (κ1) is 29.2. The summed E-state index contributed by atoms with van der Waals surface area (Å²) in [6, 6.07) is 23.6. The van der Waals surface area contributed by atoms with Crippen LogP contribution in [-0.2, 0) is 22.5 Å². The highest BCUT2D eigenvalue weighted by molar-refractivity contribution is 5.86. The van der Waals surface area contributed by atoms with Crippen LogP contribution in [-0.4, -0.2) is 75.0 Å². The van der Waals surface area contributed by atoms with Gasteiger partial charge in [0.2, 0.25) is 5.91 Å². The molecule has 0 radical (unpaired) electrons. The molecule has 0 aliphatic carbocycles. The van der Waals surface area contributed by atoms with Gasteiger partial charge in [0, 0.05) is 6.54 Å². The van der Waals surface area contributed by atoms with Crippen molar-refractivity contribution in [3.8, 4) is 5.75 Å². The fourth-order valence-electron chi connectivity index (χ4n) is 5.70. The smallest absolute Gasteiger partial charge is 0.228 e. The molecule has 2 aliphatic heterocycles. The summed E-state index contributed by atoms with van der Waals surface area (Å²) in [5.74, 6) is 0.194. The van der Waals surface area contributed by atoms with Crippen LogP contribution in [0.3, 0.4) is 0 Å². The lowest BCUT2D eigenvalue weighted by molar-refractivity contribution is -0.234. The molecule has 2 saturated heterocycles. The molecule has 9 heteroatoms. The van der Waals surface area contributed by atoms with Crippen LogP contribution in [0.5, 0.6) is 5.75 Å². The number of ether oxygens (including phenoxy) is 2. The molecule has 41 heavy (non-hydrogen) atoms. The standard InChI is InChI=1S/C32H36FNO7/c33-23-13-9-20(10-14-23)7-4-8-25-28(34(32(25)39)17-21-5-2-1-3-6-21)22-11-15-24(16-12-22)40-19-27-30(37)31(38)29(36)26(18-35)41-27/h1-3,5-6,9-16,25-31,35-38H,4,7-8,17-19H2/t25-,26+,27+,28+,29+,30-,31-/m0/s1. The maximum atomic E-state index is 13.3. The minimum absolute atomic E-state index is 0.0884. The van der Waals surface area contributed by atoms with Crippen LogP contribution in [0.1, 0.15) is 35.6 Å². The number of carbonyl (C=O) groups excluding carboxylic acids is 1. The highest BCUT2D eigenvalue weighted by Gasteiger charge is 2.47. The second-order valence-electron chi connectivity index (χ2n) is 10.8. The van der Waals surface area contributed by atoms with E-state index in [4.69, 9.17) is 9.47 Å². The minimum atomic E-state index is -1.45. The Bertz CT molecular complexity index is 1270. The fraction of sp³-hybridized carbons (Fsp3) is 0.406. The van der Waals surface area contributed by atoms with E-state index in [1.165, 1.54) is 12.1 Å². The summed E-state index contributed by atoms with van der Waals surface area (Å²) in [5, 5.41) is 39.6.